The Morgan fingerprint density at radius 3 is 3.00 bits per heavy atom. The largest absolute Gasteiger partial charge is 0.478 e. The number of hydrogen-bond donors (Lipinski definition) is 2. The summed E-state index contributed by atoms with van der Waals surface area (Å²) in [7, 11) is 0. The molecule has 0 amide bonds. The number of rotatable bonds is 5. The van der Waals surface area contributed by atoms with Gasteiger partial charge in [0.05, 0.1) is 6.54 Å². The zero-order chi connectivity index (χ0) is 13.8. The molecule has 1 aromatic heterocycles. The van der Waals surface area contributed by atoms with Gasteiger partial charge in [0.2, 0.25) is 0 Å². The number of carboxylic acid groups (broad SMARTS) is 1. The molecule has 0 aliphatic carbocycles. The predicted octanol–water partition coefficient (Wildman–Crippen LogP) is 1.88. The predicted molar refractivity (Wildman–Crippen MR) is 70.1 cm³/mol. The van der Waals surface area contributed by atoms with E-state index in [0.29, 0.717) is 24.0 Å². The SMILES string of the molecule is Cc1oc(CN2CCCC(CCO)C2)cc1C(=O)O. The molecule has 2 heterocycles. The van der Waals surface area contributed by atoms with E-state index in [4.69, 9.17) is 14.6 Å². The molecule has 0 aromatic carbocycles. The molecule has 2 N–H and O–H groups in total. The first-order valence-electron chi connectivity index (χ1n) is 6.76. The molecule has 1 aliphatic heterocycles. The molecule has 1 fully saturated rings. The first-order chi connectivity index (χ1) is 9.10. The van der Waals surface area contributed by atoms with Crippen molar-refractivity contribution in [3.8, 4) is 0 Å². The lowest BCUT2D eigenvalue weighted by Gasteiger charge is -2.31. The van der Waals surface area contributed by atoms with Gasteiger partial charge < -0.3 is 14.6 Å². The van der Waals surface area contributed by atoms with Crippen LogP contribution in [0.15, 0.2) is 10.5 Å². The number of carboxylic acids is 1. The zero-order valence-electron chi connectivity index (χ0n) is 11.3. The van der Waals surface area contributed by atoms with Crippen LogP contribution in [-0.4, -0.2) is 40.8 Å². The van der Waals surface area contributed by atoms with E-state index < -0.39 is 5.97 Å². The molecule has 0 bridgehead atoms. The van der Waals surface area contributed by atoms with Crippen LogP contribution in [0, 0.1) is 12.8 Å². The minimum absolute atomic E-state index is 0.238. The molecule has 19 heavy (non-hydrogen) atoms. The van der Waals surface area contributed by atoms with Crippen molar-refractivity contribution in [1.82, 2.24) is 4.90 Å². The summed E-state index contributed by atoms with van der Waals surface area (Å²) in [4.78, 5) is 13.2. The highest BCUT2D eigenvalue weighted by Gasteiger charge is 2.21. The van der Waals surface area contributed by atoms with Crippen LogP contribution in [0.5, 0.6) is 0 Å². The molecule has 1 aromatic rings. The van der Waals surface area contributed by atoms with E-state index in [9.17, 15) is 4.79 Å². The van der Waals surface area contributed by atoms with E-state index in [1.807, 2.05) is 0 Å². The van der Waals surface area contributed by atoms with Crippen molar-refractivity contribution in [3.05, 3.63) is 23.2 Å². The minimum atomic E-state index is -0.940. The molecule has 0 spiro atoms. The van der Waals surface area contributed by atoms with Crippen LogP contribution in [-0.2, 0) is 6.54 Å². The van der Waals surface area contributed by atoms with Crippen molar-refractivity contribution in [2.75, 3.05) is 19.7 Å². The van der Waals surface area contributed by atoms with Gasteiger partial charge in [-0.3, -0.25) is 4.90 Å². The van der Waals surface area contributed by atoms with Crippen molar-refractivity contribution in [2.45, 2.75) is 32.7 Å². The molecule has 1 aliphatic rings. The molecule has 0 saturated carbocycles. The standard InChI is InChI=1S/C14H21NO4/c1-10-13(14(17)18)7-12(19-10)9-15-5-2-3-11(8-15)4-6-16/h7,11,16H,2-6,8-9H2,1H3,(H,17,18). The van der Waals surface area contributed by atoms with E-state index in [1.165, 1.54) is 0 Å². The maximum absolute atomic E-state index is 11.0. The average molecular weight is 267 g/mol. The van der Waals surface area contributed by atoms with E-state index in [0.717, 1.165) is 32.4 Å². The second-order valence-corrected chi connectivity index (χ2v) is 5.24. The van der Waals surface area contributed by atoms with Crippen LogP contribution in [0.4, 0.5) is 0 Å². The zero-order valence-corrected chi connectivity index (χ0v) is 11.3. The second-order valence-electron chi connectivity index (χ2n) is 5.24. The van der Waals surface area contributed by atoms with Crippen LogP contribution < -0.4 is 0 Å². The first kappa shape index (κ1) is 14.1. The monoisotopic (exact) mass is 267 g/mol. The van der Waals surface area contributed by atoms with Gasteiger partial charge in [-0.15, -0.1) is 0 Å². The Kier molecular flexibility index (Phi) is 4.61. The van der Waals surface area contributed by atoms with E-state index >= 15 is 0 Å². The Morgan fingerprint density at radius 2 is 2.37 bits per heavy atom. The second kappa shape index (κ2) is 6.21. The molecule has 2 rings (SSSR count). The van der Waals surface area contributed by atoms with Gasteiger partial charge in [0.1, 0.15) is 17.1 Å². The molecule has 0 radical (unpaired) electrons. The summed E-state index contributed by atoms with van der Waals surface area (Å²) in [6, 6.07) is 1.62. The Bertz CT molecular complexity index is 439. The van der Waals surface area contributed by atoms with Crippen LogP contribution >= 0.6 is 0 Å². The number of nitrogens with zero attached hydrogens (tertiary/aromatic N) is 1. The van der Waals surface area contributed by atoms with E-state index in [2.05, 4.69) is 4.90 Å². The molecule has 1 saturated heterocycles. The van der Waals surface area contributed by atoms with Crippen molar-refractivity contribution >= 4 is 5.97 Å². The smallest absolute Gasteiger partial charge is 0.339 e. The number of aromatic carboxylic acids is 1. The fourth-order valence-electron chi connectivity index (χ4n) is 2.77. The number of piperidine rings is 1. The molecular weight excluding hydrogens is 246 g/mol. The third-order valence-electron chi connectivity index (χ3n) is 3.72. The van der Waals surface area contributed by atoms with Gasteiger partial charge in [0, 0.05) is 13.2 Å². The average Bonchev–Trinajstić information content (AvgIpc) is 2.71. The normalized spacial score (nSPS) is 20.6. The van der Waals surface area contributed by atoms with Crippen molar-refractivity contribution < 1.29 is 19.4 Å². The fraction of sp³-hybridized carbons (Fsp3) is 0.643. The lowest BCUT2D eigenvalue weighted by molar-refractivity contribution is 0.0695. The van der Waals surface area contributed by atoms with Crippen LogP contribution in [0.25, 0.3) is 0 Å². The number of hydrogen-bond acceptors (Lipinski definition) is 4. The Morgan fingerprint density at radius 1 is 1.58 bits per heavy atom. The van der Waals surface area contributed by atoms with Gasteiger partial charge >= 0.3 is 5.97 Å². The number of aliphatic hydroxyl groups is 1. The topological polar surface area (TPSA) is 73.9 Å². The molecule has 106 valence electrons. The number of carbonyl (C=O) groups is 1. The fourth-order valence-corrected chi connectivity index (χ4v) is 2.77. The molecule has 5 nitrogen and oxygen atoms in total. The highest BCUT2D eigenvalue weighted by Crippen LogP contribution is 2.22. The maximum atomic E-state index is 11.0. The van der Waals surface area contributed by atoms with Crippen LogP contribution in [0.1, 0.15) is 41.1 Å². The van der Waals surface area contributed by atoms with Crippen molar-refractivity contribution in [1.29, 1.82) is 0 Å². The highest BCUT2D eigenvalue weighted by molar-refractivity contribution is 5.88. The number of aryl methyl sites for hydroxylation is 1. The number of furan rings is 1. The van der Waals surface area contributed by atoms with Crippen molar-refractivity contribution in [3.63, 3.8) is 0 Å². The summed E-state index contributed by atoms with van der Waals surface area (Å²) < 4.78 is 5.50. The number of likely N-dealkylation sites (tertiary alicyclic amines) is 1. The van der Waals surface area contributed by atoms with Gasteiger partial charge in [-0.05, 0) is 44.7 Å². The Balaban J connectivity index is 1.97. The van der Waals surface area contributed by atoms with Crippen LogP contribution in [0.3, 0.4) is 0 Å². The third kappa shape index (κ3) is 3.58. The van der Waals surface area contributed by atoms with Gasteiger partial charge in [0.15, 0.2) is 0 Å². The van der Waals surface area contributed by atoms with Crippen molar-refractivity contribution in [2.24, 2.45) is 5.92 Å². The van der Waals surface area contributed by atoms with E-state index in [-0.39, 0.29) is 12.2 Å². The first-order valence-corrected chi connectivity index (χ1v) is 6.76. The van der Waals surface area contributed by atoms with E-state index in [1.54, 1.807) is 13.0 Å². The lowest BCUT2D eigenvalue weighted by atomic mass is 9.95. The number of aliphatic hydroxyl groups excluding tert-OH is 1. The Labute approximate surface area is 112 Å². The third-order valence-corrected chi connectivity index (χ3v) is 3.72. The van der Waals surface area contributed by atoms with Crippen LogP contribution in [0.2, 0.25) is 0 Å². The molecular formula is C14H21NO4. The summed E-state index contributed by atoms with van der Waals surface area (Å²) in [5.74, 6) is 0.768. The summed E-state index contributed by atoms with van der Waals surface area (Å²) in [5.41, 5.74) is 0.249. The summed E-state index contributed by atoms with van der Waals surface area (Å²) in [5, 5.41) is 18.0. The highest BCUT2D eigenvalue weighted by atomic mass is 16.4. The Hall–Kier alpha value is -1.33. The van der Waals surface area contributed by atoms with Gasteiger partial charge in [-0.25, -0.2) is 4.79 Å². The van der Waals surface area contributed by atoms with Gasteiger partial charge in [0.25, 0.3) is 0 Å². The lowest BCUT2D eigenvalue weighted by Crippen LogP contribution is -2.35. The summed E-state index contributed by atoms with van der Waals surface area (Å²) in [6.45, 7) is 4.52. The molecule has 1 unspecified atom stereocenters. The van der Waals surface area contributed by atoms with Gasteiger partial charge in [-0.2, -0.15) is 0 Å². The maximum Gasteiger partial charge on any atom is 0.339 e. The summed E-state index contributed by atoms with van der Waals surface area (Å²) in [6.07, 6.45) is 3.12. The molecule has 5 heteroatoms. The van der Waals surface area contributed by atoms with Gasteiger partial charge in [-0.1, -0.05) is 0 Å². The quantitative estimate of drug-likeness (QED) is 0.852. The minimum Gasteiger partial charge on any atom is -0.478 e. The summed E-state index contributed by atoms with van der Waals surface area (Å²) >= 11 is 0. The molecule has 1 atom stereocenters.